The van der Waals surface area contributed by atoms with E-state index in [9.17, 15) is 9.59 Å². The van der Waals surface area contributed by atoms with Gasteiger partial charge in [0.25, 0.3) is 5.91 Å². The van der Waals surface area contributed by atoms with Gasteiger partial charge in [-0.2, -0.15) is 0 Å². The zero-order chi connectivity index (χ0) is 20.3. The van der Waals surface area contributed by atoms with Gasteiger partial charge >= 0.3 is 0 Å². The second-order valence-electron chi connectivity index (χ2n) is 9.90. The maximum Gasteiger partial charge on any atom is 0.251 e. The van der Waals surface area contributed by atoms with E-state index >= 15 is 0 Å². The molecule has 0 saturated heterocycles. The number of rotatable bonds is 9. The molecule has 5 rings (SSSR count). The number of nitrogens with one attached hydrogen (secondary N) is 2. The van der Waals surface area contributed by atoms with Gasteiger partial charge in [-0.15, -0.1) is 0 Å². The lowest BCUT2D eigenvalue weighted by Crippen LogP contribution is -2.62. The quantitative estimate of drug-likeness (QED) is 0.595. The predicted molar refractivity (Wildman–Crippen MR) is 115 cm³/mol. The molecule has 4 aliphatic carbocycles. The van der Waals surface area contributed by atoms with Crippen LogP contribution in [0.3, 0.4) is 0 Å². The number of hydrogen-bond acceptors (Lipinski definition) is 2. The van der Waals surface area contributed by atoms with E-state index in [0.717, 1.165) is 49.9 Å². The first kappa shape index (κ1) is 20.4. The molecular weight excluding hydrogens is 360 g/mol. The van der Waals surface area contributed by atoms with Gasteiger partial charge in [0, 0.05) is 17.5 Å². The fourth-order valence-electron chi connectivity index (χ4n) is 6.70. The van der Waals surface area contributed by atoms with Crippen molar-refractivity contribution in [2.24, 2.45) is 23.2 Å². The van der Waals surface area contributed by atoms with Crippen LogP contribution in [0, 0.1) is 23.2 Å². The summed E-state index contributed by atoms with van der Waals surface area (Å²) >= 11 is 0. The number of carbonyl (C=O) groups is 2. The summed E-state index contributed by atoms with van der Waals surface area (Å²) in [7, 11) is 0. The molecule has 0 spiro atoms. The van der Waals surface area contributed by atoms with Crippen LogP contribution >= 0.6 is 0 Å². The Morgan fingerprint density at radius 3 is 2.17 bits per heavy atom. The van der Waals surface area contributed by atoms with Crippen LogP contribution in [0.5, 0.6) is 0 Å². The van der Waals surface area contributed by atoms with Crippen LogP contribution in [-0.4, -0.2) is 24.4 Å². The molecule has 0 radical (unpaired) electrons. The van der Waals surface area contributed by atoms with E-state index in [4.69, 9.17) is 0 Å². The highest BCUT2D eigenvalue weighted by Crippen LogP contribution is 2.61. The third-order valence-corrected chi connectivity index (χ3v) is 7.60. The minimum atomic E-state index is -0.408. The first-order valence-electron chi connectivity index (χ1n) is 11.7. The molecule has 4 bridgehead atoms. The van der Waals surface area contributed by atoms with Gasteiger partial charge in [0.1, 0.15) is 6.04 Å². The Bertz CT molecular complexity index is 680. The Morgan fingerprint density at radius 1 is 0.966 bits per heavy atom. The first-order valence-corrected chi connectivity index (χ1v) is 11.7. The van der Waals surface area contributed by atoms with Crippen LogP contribution < -0.4 is 10.6 Å². The molecule has 1 aromatic rings. The van der Waals surface area contributed by atoms with Crippen molar-refractivity contribution in [1.29, 1.82) is 0 Å². The summed E-state index contributed by atoms with van der Waals surface area (Å²) in [5.41, 5.74) is 0.588. The van der Waals surface area contributed by atoms with E-state index in [1.54, 1.807) is 0 Å². The van der Waals surface area contributed by atoms with Gasteiger partial charge < -0.3 is 10.6 Å². The van der Waals surface area contributed by atoms with Crippen LogP contribution in [0.25, 0.3) is 0 Å². The zero-order valence-electron chi connectivity index (χ0n) is 17.8. The summed E-state index contributed by atoms with van der Waals surface area (Å²) in [5, 5.41) is 6.36. The number of carbonyl (C=O) groups excluding carboxylic acids is 2. The molecule has 29 heavy (non-hydrogen) atoms. The van der Waals surface area contributed by atoms with Gasteiger partial charge in [-0.05, 0) is 74.8 Å². The van der Waals surface area contributed by atoms with Crippen LogP contribution in [0.15, 0.2) is 30.3 Å². The second kappa shape index (κ2) is 8.89. The van der Waals surface area contributed by atoms with Gasteiger partial charge in [0.15, 0.2) is 0 Å². The van der Waals surface area contributed by atoms with E-state index < -0.39 is 6.04 Å². The van der Waals surface area contributed by atoms with Crippen molar-refractivity contribution in [3.8, 4) is 0 Å². The summed E-state index contributed by atoms with van der Waals surface area (Å²) in [4.78, 5) is 26.3. The van der Waals surface area contributed by atoms with Crippen molar-refractivity contribution >= 4 is 11.8 Å². The number of benzene rings is 1. The molecule has 2 amide bonds. The molecule has 158 valence electrons. The number of unbranched alkanes of at least 4 members (excludes halogenated alkanes) is 3. The lowest BCUT2D eigenvalue weighted by atomic mass is 9.47. The smallest absolute Gasteiger partial charge is 0.251 e. The molecule has 2 N–H and O–H groups in total. The fourth-order valence-corrected chi connectivity index (χ4v) is 6.70. The van der Waals surface area contributed by atoms with Crippen molar-refractivity contribution in [2.75, 3.05) is 6.54 Å². The van der Waals surface area contributed by atoms with Crippen LogP contribution in [0.1, 0.15) is 81.5 Å². The summed E-state index contributed by atoms with van der Waals surface area (Å²) in [6.07, 6.45) is 11.8. The monoisotopic (exact) mass is 396 g/mol. The fraction of sp³-hybridized carbons (Fsp3) is 0.680. The molecule has 1 atom stereocenters. The molecule has 4 fully saturated rings. The Labute approximate surface area is 175 Å². The summed E-state index contributed by atoms with van der Waals surface area (Å²) in [5.74, 6) is 2.15. The van der Waals surface area contributed by atoms with E-state index in [0.29, 0.717) is 12.1 Å². The van der Waals surface area contributed by atoms with Gasteiger partial charge in [0.2, 0.25) is 5.91 Å². The van der Waals surface area contributed by atoms with Crippen molar-refractivity contribution in [2.45, 2.75) is 77.2 Å². The lowest BCUT2D eigenvalue weighted by Gasteiger charge is -2.59. The average molecular weight is 397 g/mol. The van der Waals surface area contributed by atoms with Crippen molar-refractivity contribution in [3.05, 3.63) is 35.9 Å². The van der Waals surface area contributed by atoms with Gasteiger partial charge in [0.05, 0.1) is 0 Å². The predicted octanol–water partition coefficient (Wildman–Crippen LogP) is 4.70. The average Bonchev–Trinajstić information content (AvgIpc) is 2.71. The molecule has 4 saturated carbocycles. The van der Waals surface area contributed by atoms with Crippen LogP contribution in [0.4, 0.5) is 0 Å². The minimum absolute atomic E-state index is 0.0349. The third kappa shape index (κ3) is 4.51. The lowest BCUT2D eigenvalue weighted by molar-refractivity contribution is -0.134. The highest BCUT2D eigenvalue weighted by molar-refractivity contribution is 5.97. The summed E-state index contributed by atoms with van der Waals surface area (Å²) in [6, 6.07) is 8.92. The highest BCUT2D eigenvalue weighted by atomic mass is 16.2. The maximum atomic E-state index is 13.3. The molecule has 0 aliphatic heterocycles. The first-order chi connectivity index (χ1) is 14.1. The number of amides is 2. The number of hydrogen-bond donors (Lipinski definition) is 2. The Hall–Kier alpha value is -1.84. The van der Waals surface area contributed by atoms with Crippen LogP contribution in [-0.2, 0) is 4.79 Å². The Balaban J connectivity index is 1.49. The van der Waals surface area contributed by atoms with Gasteiger partial charge in [-0.25, -0.2) is 0 Å². The van der Waals surface area contributed by atoms with E-state index in [-0.39, 0.29) is 17.2 Å². The van der Waals surface area contributed by atoms with Crippen molar-refractivity contribution in [1.82, 2.24) is 10.6 Å². The molecule has 0 heterocycles. The van der Waals surface area contributed by atoms with E-state index in [1.165, 1.54) is 32.1 Å². The largest absolute Gasteiger partial charge is 0.354 e. The molecule has 4 heteroatoms. The summed E-state index contributed by atoms with van der Waals surface area (Å²) in [6.45, 7) is 2.91. The minimum Gasteiger partial charge on any atom is -0.354 e. The topological polar surface area (TPSA) is 58.2 Å². The molecule has 1 aromatic carbocycles. The SMILES string of the molecule is CCCCCCNC(=O)C(NC(=O)c1ccccc1)C12CC3CC(CC(C3)C1)C2. The molecule has 0 aromatic heterocycles. The normalized spacial score (nSPS) is 30.7. The molecular formula is C25H36N2O2. The molecule has 1 unspecified atom stereocenters. The van der Waals surface area contributed by atoms with Crippen LogP contribution in [0.2, 0.25) is 0 Å². The molecule has 4 nitrogen and oxygen atoms in total. The third-order valence-electron chi connectivity index (χ3n) is 7.60. The molecule has 4 aliphatic rings. The van der Waals surface area contributed by atoms with Crippen molar-refractivity contribution < 1.29 is 9.59 Å². The van der Waals surface area contributed by atoms with Gasteiger partial charge in [-0.1, -0.05) is 44.4 Å². The van der Waals surface area contributed by atoms with Crippen molar-refractivity contribution in [3.63, 3.8) is 0 Å². The Morgan fingerprint density at radius 2 is 1.59 bits per heavy atom. The Kier molecular flexibility index (Phi) is 6.26. The standard InChI is InChI=1S/C25H36N2O2/c1-2-3-4-8-11-26-24(29)22(27-23(28)21-9-6-5-7-10-21)25-15-18-12-19(16-25)14-20(13-18)17-25/h5-7,9-10,18-20,22H,2-4,8,11-17H2,1H3,(H,26,29)(H,27,28). The highest BCUT2D eigenvalue weighted by Gasteiger charge is 2.56. The zero-order valence-corrected chi connectivity index (χ0v) is 17.8. The maximum absolute atomic E-state index is 13.3. The van der Waals surface area contributed by atoms with E-state index in [1.807, 2.05) is 30.3 Å². The van der Waals surface area contributed by atoms with E-state index in [2.05, 4.69) is 17.6 Å². The summed E-state index contributed by atoms with van der Waals surface area (Å²) < 4.78 is 0. The second-order valence-corrected chi connectivity index (χ2v) is 9.90. The van der Waals surface area contributed by atoms with Gasteiger partial charge in [-0.3, -0.25) is 9.59 Å².